The minimum Gasteiger partial charge on any atom is -0.352 e. The average molecular weight is 234 g/mol. The minimum atomic E-state index is -0.502. The van der Waals surface area contributed by atoms with Gasteiger partial charge in [0.05, 0.1) is 5.41 Å². The zero-order chi connectivity index (χ0) is 13.1. The summed E-state index contributed by atoms with van der Waals surface area (Å²) in [4.78, 5) is 11.9. The Hall–Kier alpha value is -1.35. The molecule has 0 heterocycles. The van der Waals surface area contributed by atoms with Crippen molar-refractivity contribution < 1.29 is 4.79 Å². The molecule has 0 radical (unpaired) electrons. The van der Waals surface area contributed by atoms with Crippen LogP contribution in [0.2, 0.25) is 0 Å². The Morgan fingerprint density at radius 2 is 2.00 bits per heavy atom. The van der Waals surface area contributed by atoms with E-state index in [1.807, 2.05) is 13.8 Å². The Labute approximate surface area is 103 Å². The lowest BCUT2D eigenvalue weighted by atomic mass is 9.92. The molecule has 3 N–H and O–H groups in total. The van der Waals surface area contributed by atoms with E-state index in [0.29, 0.717) is 13.1 Å². The van der Waals surface area contributed by atoms with E-state index in [4.69, 9.17) is 5.73 Å². The normalized spacial score (nSPS) is 11.4. The SMILES string of the molecule is Cc1ccc(C)c(CNC(=O)C(C)(C)CN)c1. The summed E-state index contributed by atoms with van der Waals surface area (Å²) < 4.78 is 0. The van der Waals surface area contributed by atoms with Crippen LogP contribution in [-0.4, -0.2) is 12.5 Å². The number of amides is 1. The van der Waals surface area contributed by atoms with E-state index in [9.17, 15) is 4.79 Å². The fourth-order valence-electron chi connectivity index (χ4n) is 1.50. The number of carbonyl (C=O) groups is 1. The van der Waals surface area contributed by atoms with E-state index in [2.05, 4.69) is 37.4 Å². The highest BCUT2D eigenvalue weighted by atomic mass is 16.2. The highest BCUT2D eigenvalue weighted by Gasteiger charge is 2.25. The van der Waals surface area contributed by atoms with Gasteiger partial charge in [0.1, 0.15) is 0 Å². The summed E-state index contributed by atoms with van der Waals surface area (Å²) in [5.41, 5.74) is 8.63. The molecule has 94 valence electrons. The van der Waals surface area contributed by atoms with Crippen LogP contribution in [-0.2, 0) is 11.3 Å². The van der Waals surface area contributed by atoms with Gasteiger partial charge in [-0.25, -0.2) is 0 Å². The Kier molecular flexibility index (Phi) is 4.29. The van der Waals surface area contributed by atoms with Crippen molar-refractivity contribution in [3.8, 4) is 0 Å². The summed E-state index contributed by atoms with van der Waals surface area (Å²) in [6.07, 6.45) is 0. The van der Waals surface area contributed by atoms with E-state index < -0.39 is 5.41 Å². The average Bonchev–Trinajstić information content (AvgIpc) is 2.29. The molecule has 1 aromatic carbocycles. The first kappa shape index (κ1) is 13.7. The van der Waals surface area contributed by atoms with Gasteiger partial charge in [0.2, 0.25) is 5.91 Å². The molecule has 0 aromatic heterocycles. The van der Waals surface area contributed by atoms with Crippen LogP contribution in [0.25, 0.3) is 0 Å². The lowest BCUT2D eigenvalue weighted by molar-refractivity contribution is -0.129. The highest BCUT2D eigenvalue weighted by Crippen LogP contribution is 2.14. The van der Waals surface area contributed by atoms with Crippen LogP contribution in [0.3, 0.4) is 0 Å². The maximum Gasteiger partial charge on any atom is 0.227 e. The molecule has 0 fully saturated rings. The molecule has 0 saturated heterocycles. The maximum absolute atomic E-state index is 11.9. The minimum absolute atomic E-state index is 0.000839. The summed E-state index contributed by atoms with van der Waals surface area (Å²) in [7, 11) is 0. The Morgan fingerprint density at radius 1 is 1.35 bits per heavy atom. The predicted octanol–water partition coefficient (Wildman–Crippen LogP) is 1.90. The van der Waals surface area contributed by atoms with Gasteiger partial charge in [-0.05, 0) is 38.8 Å². The van der Waals surface area contributed by atoms with Crippen LogP contribution in [0, 0.1) is 19.3 Å². The molecule has 0 aliphatic heterocycles. The molecular weight excluding hydrogens is 212 g/mol. The molecule has 0 aliphatic carbocycles. The largest absolute Gasteiger partial charge is 0.352 e. The molecule has 1 rings (SSSR count). The van der Waals surface area contributed by atoms with Gasteiger partial charge in [-0.3, -0.25) is 4.79 Å². The molecule has 0 unspecified atom stereocenters. The molecule has 1 aromatic rings. The quantitative estimate of drug-likeness (QED) is 0.836. The molecule has 17 heavy (non-hydrogen) atoms. The van der Waals surface area contributed by atoms with Crippen molar-refractivity contribution in [3.05, 3.63) is 34.9 Å². The second-order valence-electron chi connectivity index (χ2n) is 5.20. The number of rotatable bonds is 4. The molecule has 0 saturated carbocycles. The number of nitrogens with two attached hydrogens (primary N) is 1. The molecular formula is C14H22N2O. The summed E-state index contributed by atoms with van der Waals surface area (Å²) in [5, 5.41) is 2.94. The van der Waals surface area contributed by atoms with E-state index in [1.54, 1.807) is 0 Å². The summed E-state index contributed by atoms with van der Waals surface area (Å²) in [6, 6.07) is 6.25. The molecule has 0 bridgehead atoms. The van der Waals surface area contributed by atoms with E-state index in [-0.39, 0.29) is 5.91 Å². The van der Waals surface area contributed by atoms with Crippen molar-refractivity contribution in [1.82, 2.24) is 5.32 Å². The molecule has 0 atom stereocenters. The van der Waals surface area contributed by atoms with Gasteiger partial charge < -0.3 is 11.1 Å². The van der Waals surface area contributed by atoms with Gasteiger partial charge in [-0.1, -0.05) is 23.8 Å². The first-order valence-electron chi connectivity index (χ1n) is 5.91. The smallest absolute Gasteiger partial charge is 0.227 e. The van der Waals surface area contributed by atoms with Crippen molar-refractivity contribution in [1.29, 1.82) is 0 Å². The highest BCUT2D eigenvalue weighted by molar-refractivity contribution is 5.82. The number of nitrogens with one attached hydrogen (secondary N) is 1. The summed E-state index contributed by atoms with van der Waals surface area (Å²) in [6.45, 7) is 8.72. The molecule has 0 spiro atoms. The number of benzene rings is 1. The van der Waals surface area contributed by atoms with Crippen molar-refractivity contribution >= 4 is 5.91 Å². The number of hydrogen-bond donors (Lipinski definition) is 2. The molecule has 3 nitrogen and oxygen atoms in total. The van der Waals surface area contributed by atoms with Crippen LogP contribution >= 0.6 is 0 Å². The lowest BCUT2D eigenvalue weighted by Gasteiger charge is -2.21. The number of carbonyl (C=O) groups excluding carboxylic acids is 1. The first-order valence-corrected chi connectivity index (χ1v) is 5.91. The van der Waals surface area contributed by atoms with Gasteiger partial charge >= 0.3 is 0 Å². The Bertz CT molecular complexity index is 411. The lowest BCUT2D eigenvalue weighted by Crippen LogP contribution is -2.41. The third kappa shape index (κ3) is 3.56. The second-order valence-corrected chi connectivity index (χ2v) is 5.20. The second kappa shape index (κ2) is 5.32. The molecule has 3 heteroatoms. The van der Waals surface area contributed by atoms with Gasteiger partial charge in [0.25, 0.3) is 0 Å². The summed E-state index contributed by atoms with van der Waals surface area (Å²) >= 11 is 0. The van der Waals surface area contributed by atoms with Gasteiger partial charge in [-0.2, -0.15) is 0 Å². The van der Waals surface area contributed by atoms with Crippen LogP contribution in [0.1, 0.15) is 30.5 Å². The predicted molar refractivity (Wildman–Crippen MR) is 70.6 cm³/mol. The van der Waals surface area contributed by atoms with Crippen LogP contribution in [0.15, 0.2) is 18.2 Å². The fourth-order valence-corrected chi connectivity index (χ4v) is 1.50. The van der Waals surface area contributed by atoms with Gasteiger partial charge in [0.15, 0.2) is 0 Å². The first-order chi connectivity index (χ1) is 7.86. The van der Waals surface area contributed by atoms with E-state index in [1.165, 1.54) is 11.1 Å². The standard InChI is InChI=1S/C14H22N2O/c1-10-5-6-11(2)12(7-10)8-16-13(17)14(3,4)9-15/h5-7H,8-9,15H2,1-4H3,(H,16,17). The van der Waals surface area contributed by atoms with E-state index >= 15 is 0 Å². The van der Waals surface area contributed by atoms with Crippen LogP contribution in [0.4, 0.5) is 0 Å². The van der Waals surface area contributed by atoms with Crippen molar-refractivity contribution in [2.45, 2.75) is 34.2 Å². The van der Waals surface area contributed by atoms with Crippen molar-refractivity contribution in [2.75, 3.05) is 6.54 Å². The van der Waals surface area contributed by atoms with Gasteiger partial charge in [0, 0.05) is 13.1 Å². The zero-order valence-corrected chi connectivity index (χ0v) is 11.1. The molecule has 0 aliphatic rings. The van der Waals surface area contributed by atoms with Crippen LogP contribution in [0.5, 0.6) is 0 Å². The Morgan fingerprint density at radius 3 is 2.59 bits per heavy atom. The third-order valence-corrected chi connectivity index (χ3v) is 3.07. The molecule has 1 amide bonds. The van der Waals surface area contributed by atoms with Crippen LogP contribution < -0.4 is 11.1 Å². The van der Waals surface area contributed by atoms with Crippen molar-refractivity contribution in [3.63, 3.8) is 0 Å². The van der Waals surface area contributed by atoms with Crippen molar-refractivity contribution in [2.24, 2.45) is 11.1 Å². The monoisotopic (exact) mass is 234 g/mol. The maximum atomic E-state index is 11.9. The number of hydrogen-bond acceptors (Lipinski definition) is 2. The Balaban J connectivity index is 2.68. The third-order valence-electron chi connectivity index (χ3n) is 3.07. The topological polar surface area (TPSA) is 55.1 Å². The fraction of sp³-hybridized carbons (Fsp3) is 0.500. The zero-order valence-electron chi connectivity index (χ0n) is 11.1. The van der Waals surface area contributed by atoms with E-state index in [0.717, 1.165) is 5.56 Å². The van der Waals surface area contributed by atoms with Gasteiger partial charge in [-0.15, -0.1) is 0 Å². The number of aryl methyl sites for hydroxylation is 2. The summed E-state index contributed by atoms with van der Waals surface area (Å²) in [5.74, 6) is 0.000839.